The lowest BCUT2D eigenvalue weighted by molar-refractivity contribution is 0.101. The van der Waals surface area contributed by atoms with Crippen LogP contribution in [0.2, 0.25) is 0 Å². The Hall–Kier alpha value is -2.00. The maximum atomic E-state index is 12.5. The number of ketones is 1. The van der Waals surface area contributed by atoms with E-state index in [1.54, 1.807) is 11.8 Å². The molecule has 0 fully saturated rings. The first kappa shape index (κ1) is 13.0. The number of carbonyl (C=O) groups is 1. The average molecular weight is 282 g/mol. The zero-order valence-electron chi connectivity index (χ0n) is 11.3. The van der Waals surface area contributed by atoms with Crippen LogP contribution in [-0.4, -0.2) is 12.0 Å². The van der Waals surface area contributed by atoms with Crippen LogP contribution >= 0.6 is 11.8 Å². The molecule has 0 aliphatic carbocycles. The van der Waals surface area contributed by atoms with Gasteiger partial charge in [0.1, 0.15) is 5.58 Å². The molecule has 0 aliphatic rings. The van der Waals surface area contributed by atoms with Gasteiger partial charge in [-0.05, 0) is 43.5 Å². The van der Waals surface area contributed by atoms with E-state index in [4.69, 9.17) is 4.42 Å². The summed E-state index contributed by atoms with van der Waals surface area (Å²) in [7, 11) is 0. The first-order valence-corrected chi connectivity index (χ1v) is 7.60. The maximum absolute atomic E-state index is 12.5. The smallest absolute Gasteiger partial charge is 0.228 e. The molecular formula is C17H14O2S. The largest absolute Gasteiger partial charge is 0.452 e. The second-order valence-electron chi connectivity index (χ2n) is 4.61. The summed E-state index contributed by atoms with van der Waals surface area (Å²) in [6.45, 7) is 1.93. The van der Waals surface area contributed by atoms with E-state index in [9.17, 15) is 4.79 Å². The summed E-state index contributed by atoms with van der Waals surface area (Å²) in [6.07, 6.45) is 2.01. The summed E-state index contributed by atoms with van der Waals surface area (Å²) in [5.41, 5.74) is 2.32. The Bertz CT molecular complexity index is 769. The Labute approximate surface area is 121 Å². The summed E-state index contributed by atoms with van der Waals surface area (Å²) < 4.78 is 5.72. The minimum atomic E-state index is -0.0636. The molecule has 0 saturated carbocycles. The van der Waals surface area contributed by atoms with Crippen LogP contribution < -0.4 is 0 Å². The van der Waals surface area contributed by atoms with Gasteiger partial charge in [-0.15, -0.1) is 11.8 Å². The first-order chi connectivity index (χ1) is 9.70. The zero-order chi connectivity index (χ0) is 14.1. The second-order valence-corrected chi connectivity index (χ2v) is 5.49. The second kappa shape index (κ2) is 5.17. The van der Waals surface area contributed by atoms with Gasteiger partial charge in [-0.3, -0.25) is 4.79 Å². The minimum Gasteiger partial charge on any atom is -0.452 e. The SMILES string of the molecule is CSc1ccc(C(=O)c2oc3ccccc3c2C)cc1. The van der Waals surface area contributed by atoms with Crippen molar-refractivity contribution in [2.75, 3.05) is 6.26 Å². The molecule has 1 heterocycles. The topological polar surface area (TPSA) is 30.2 Å². The number of carbonyl (C=O) groups excluding carboxylic acids is 1. The predicted octanol–water partition coefficient (Wildman–Crippen LogP) is 4.69. The molecule has 100 valence electrons. The summed E-state index contributed by atoms with van der Waals surface area (Å²) in [5, 5.41) is 0.997. The molecule has 0 atom stereocenters. The van der Waals surface area contributed by atoms with E-state index in [0.717, 1.165) is 21.4 Å². The molecule has 2 nitrogen and oxygen atoms in total. The van der Waals surface area contributed by atoms with Gasteiger partial charge in [0, 0.05) is 21.4 Å². The summed E-state index contributed by atoms with van der Waals surface area (Å²) >= 11 is 1.66. The quantitative estimate of drug-likeness (QED) is 0.515. The number of fused-ring (bicyclic) bond motifs is 1. The Morgan fingerprint density at radius 3 is 2.40 bits per heavy atom. The molecular weight excluding hydrogens is 268 g/mol. The van der Waals surface area contributed by atoms with Gasteiger partial charge in [-0.2, -0.15) is 0 Å². The molecule has 20 heavy (non-hydrogen) atoms. The van der Waals surface area contributed by atoms with Crippen molar-refractivity contribution in [3.8, 4) is 0 Å². The van der Waals surface area contributed by atoms with Gasteiger partial charge in [-0.25, -0.2) is 0 Å². The summed E-state index contributed by atoms with van der Waals surface area (Å²) in [6, 6.07) is 15.3. The zero-order valence-corrected chi connectivity index (χ0v) is 12.2. The van der Waals surface area contributed by atoms with Crippen LogP contribution in [0.15, 0.2) is 57.8 Å². The normalized spacial score (nSPS) is 10.9. The summed E-state index contributed by atoms with van der Waals surface area (Å²) in [5.74, 6) is 0.370. The Balaban J connectivity index is 2.05. The van der Waals surface area contributed by atoms with Gasteiger partial charge in [0.05, 0.1) is 0 Å². The third-order valence-electron chi connectivity index (χ3n) is 3.40. The molecule has 0 amide bonds. The van der Waals surface area contributed by atoms with E-state index in [2.05, 4.69) is 0 Å². The Kier molecular flexibility index (Phi) is 3.36. The van der Waals surface area contributed by atoms with Crippen molar-refractivity contribution in [1.82, 2.24) is 0 Å². The number of benzene rings is 2. The molecule has 0 saturated heterocycles. The van der Waals surface area contributed by atoms with E-state index in [1.165, 1.54) is 0 Å². The van der Waals surface area contributed by atoms with E-state index < -0.39 is 0 Å². The molecule has 0 spiro atoms. The highest BCUT2D eigenvalue weighted by molar-refractivity contribution is 7.98. The van der Waals surface area contributed by atoms with Crippen LogP contribution in [0.25, 0.3) is 11.0 Å². The number of aryl methyl sites for hydroxylation is 1. The van der Waals surface area contributed by atoms with Crippen LogP contribution in [0.3, 0.4) is 0 Å². The number of rotatable bonds is 3. The minimum absolute atomic E-state index is 0.0636. The van der Waals surface area contributed by atoms with Crippen molar-refractivity contribution >= 4 is 28.5 Å². The lowest BCUT2D eigenvalue weighted by Crippen LogP contribution is -2.01. The standard InChI is InChI=1S/C17H14O2S/c1-11-14-5-3-4-6-15(14)19-17(11)16(18)12-7-9-13(20-2)10-8-12/h3-10H,1-2H3. The lowest BCUT2D eigenvalue weighted by Gasteiger charge is -2.00. The predicted molar refractivity (Wildman–Crippen MR) is 82.6 cm³/mol. The van der Waals surface area contributed by atoms with Gasteiger partial charge in [0.15, 0.2) is 5.76 Å². The molecule has 1 aromatic heterocycles. The van der Waals surface area contributed by atoms with Gasteiger partial charge in [-0.1, -0.05) is 18.2 Å². The van der Waals surface area contributed by atoms with Gasteiger partial charge >= 0.3 is 0 Å². The molecule has 0 radical (unpaired) electrons. The lowest BCUT2D eigenvalue weighted by atomic mass is 10.1. The Morgan fingerprint density at radius 2 is 1.75 bits per heavy atom. The molecule has 3 aromatic rings. The molecule has 0 N–H and O–H groups in total. The molecule has 2 aromatic carbocycles. The van der Waals surface area contributed by atoms with Crippen LogP contribution in [0, 0.1) is 6.92 Å². The van der Waals surface area contributed by atoms with E-state index in [-0.39, 0.29) is 5.78 Å². The van der Waals surface area contributed by atoms with E-state index in [1.807, 2.05) is 61.7 Å². The van der Waals surface area contributed by atoms with Crippen LogP contribution in [-0.2, 0) is 0 Å². The van der Waals surface area contributed by atoms with Crippen molar-refractivity contribution in [3.63, 3.8) is 0 Å². The van der Waals surface area contributed by atoms with Gasteiger partial charge in [0.25, 0.3) is 0 Å². The molecule has 0 aliphatic heterocycles. The number of hydrogen-bond donors (Lipinski definition) is 0. The van der Waals surface area contributed by atoms with Gasteiger partial charge in [0.2, 0.25) is 5.78 Å². The fourth-order valence-corrected chi connectivity index (χ4v) is 2.67. The Morgan fingerprint density at radius 1 is 1.05 bits per heavy atom. The third-order valence-corrected chi connectivity index (χ3v) is 4.15. The average Bonchev–Trinajstić information content (AvgIpc) is 2.84. The van der Waals surface area contributed by atoms with Crippen LogP contribution in [0.5, 0.6) is 0 Å². The fraction of sp³-hybridized carbons (Fsp3) is 0.118. The van der Waals surface area contributed by atoms with Crippen molar-refractivity contribution in [3.05, 3.63) is 65.4 Å². The fourth-order valence-electron chi connectivity index (χ4n) is 2.26. The maximum Gasteiger partial charge on any atom is 0.228 e. The molecule has 3 rings (SSSR count). The van der Waals surface area contributed by atoms with Crippen molar-refractivity contribution < 1.29 is 9.21 Å². The highest BCUT2D eigenvalue weighted by Crippen LogP contribution is 2.27. The van der Waals surface area contributed by atoms with E-state index in [0.29, 0.717) is 11.3 Å². The van der Waals surface area contributed by atoms with Crippen molar-refractivity contribution in [2.24, 2.45) is 0 Å². The number of thioether (sulfide) groups is 1. The number of furan rings is 1. The molecule has 0 bridgehead atoms. The number of para-hydroxylation sites is 1. The highest BCUT2D eigenvalue weighted by Gasteiger charge is 2.18. The third kappa shape index (κ3) is 2.14. The first-order valence-electron chi connectivity index (χ1n) is 6.37. The molecule has 0 unspecified atom stereocenters. The van der Waals surface area contributed by atoms with Crippen LogP contribution in [0.1, 0.15) is 21.7 Å². The molecule has 3 heteroatoms. The highest BCUT2D eigenvalue weighted by atomic mass is 32.2. The monoisotopic (exact) mass is 282 g/mol. The number of hydrogen-bond acceptors (Lipinski definition) is 3. The summed E-state index contributed by atoms with van der Waals surface area (Å²) in [4.78, 5) is 13.7. The van der Waals surface area contributed by atoms with Crippen molar-refractivity contribution in [2.45, 2.75) is 11.8 Å². The van der Waals surface area contributed by atoms with Crippen LogP contribution in [0.4, 0.5) is 0 Å². The van der Waals surface area contributed by atoms with Crippen molar-refractivity contribution in [1.29, 1.82) is 0 Å². The van der Waals surface area contributed by atoms with Gasteiger partial charge < -0.3 is 4.42 Å². The van der Waals surface area contributed by atoms with E-state index >= 15 is 0 Å².